The predicted octanol–water partition coefficient (Wildman–Crippen LogP) is 3.00. The quantitative estimate of drug-likeness (QED) is 0.762. The van der Waals surface area contributed by atoms with Crippen LogP contribution in [0.1, 0.15) is 46.5 Å². The van der Waals surface area contributed by atoms with Crippen molar-refractivity contribution in [3.63, 3.8) is 0 Å². The fraction of sp³-hybridized carbons (Fsp3) is 1.00. The van der Waals surface area contributed by atoms with Gasteiger partial charge in [0, 0.05) is 43.3 Å². The summed E-state index contributed by atoms with van der Waals surface area (Å²) in [5.74, 6) is 1.28. The van der Waals surface area contributed by atoms with E-state index >= 15 is 0 Å². The van der Waals surface area contributed by atoms with Gasteiger partial charge in [-0.25, -0.2) is 0 Å². The van der Waals surface area contributed by atoms with Gasteiger partial charge in [0.2, 0.25) is 0 Å². The third-order valence-corrected chi connectivity index (χ3v) is 6.34. The Bertz CT molecular complexity index is 303. The summed E-state index contributed by atoms with van der Waals surface area (Å²) in [4.78, 5) is 2.72. The van der Waals surface area contributed by atoms with Crippen molar-refractivity contribution >= 4 is 11.8 Å². The summed E-state index contributed by atoms with van der Waals surface area (Å²) < 4.78 is 6.08. The first-order valence-electron chi connectivity index (χ1n) is 8.70. The summed E-state index contributed by atoms with van der Waals surface area (Å²) in [7, 11) is 0. The van der Waals surface area contributed by atoms with Crippen LogP contribution in [0, 0.1) is 5.41 Å². The molecule has 1 N–H and O–H groups in total. The molecule has 0 unspecified atom stereocenters. The summed E-state index contributed by atoms with van der Waals surface area (Å²) in [5.41, 5.74) is 0.437. The summed E-state index contributed by atoms with van der Waals surface area (Å²) in [6.07, 6.45) is 4.97. The van der Waals surface area contributed by atoms with Crippen molar-refractivity contribution in [2.45, 2.75) is 51.2 Å². The lowest BCUT2D eigenvalue weighted by Crippen LogP contribution is -2.48. The number of nitrogens with zero attached hydrogens (tertiary/aromatic N) is 1. The summed E-state index contributed by atoms with van der Waals surface area (Å²) in [6.45, 7) is 15.0. The van der Waals surface area contributed by atoms with E-state index in [-0.39, 0.29) is 0 Å². The average Bonchev–Trinajstić information content (AvgIpc) is 2.62. The second kappa shape index (κ2) is 8.19. The van der Waals surface area contributed by atoms with Crippen LogP contribution in [0.15, 0.2) is 0 Å². The molecule has 21 heavy (non-hydrogen) atoms. The van der Waals surface area contributed by atoms with Crippen LogP contribution in [0.2, 0.25) is 0 Å². The van der Waals surface area contributed by atoms with Crippen LogP contribution in [-0.4, -0.2) is 61.3 Å². The van der Waals surface area contributed by atoms with E-state index in [1.807, 2.05) is 0 Å². The van der Waals surface area contributed by atoms with Crippen molar-refractivity contribution in [2.75, 3.05) is 51.7 Å². The van der Waals surface area contributed by atoms with Crippen molar-refractivity contribution in [3.05, 3.63) is 0 Å². The van der Waals surface area contributed by atoms with Gasteiger partial charge >= 0.3 is 0 Å². The summed E-state index contributed by atoms with van der Waals surface area (Å²) in [6, 6.07) is 0. The van der Waals surface area contributed by atoms with E-state index in [1.165, 1.54) is 51.1 Å². The molecule has 3 nitrogen and oxygen atoms in total. The standard InChI is InChI=1S/C17H34N2OS/c1-4-8-18-14-17(6-11-20-12-7-17)15-19-9-5-16(2,3)21-13-10-19/h18H,4-15H2,1-3H3. The fourth-order valence-corrected chi connectivity index (χ4v) is 4.56. The Morgan fingerprint density at radius 1 is 1.14 bits per heavy atom. The van der Waals surface area contributed by atoms with Gasteiger partial charge in [0.25, 0.3) is 0 Å². The Morgan fingerprint density at radius 2 is 1.90 bits per heavy atom. The van der Waals surface area contributed by atoms with Crippen molar-refractivity contribution in [2.24, 2.45) is 5.41 Å². The van der Waals surface area contributed by atoms with Gasteiger partial charge in [-0.15, -0.1) is 0 Å². The van der Waals surface area contributed by atoms with E-state index in [1.54, 1.807) is 0 Å². The highest BCUT2D eigenvalue weighted by Crippen LogP contribution is 2.34. The first-order valence-corrected chi connectivity index (χ1v) is 9.69. The zero-order valence-electron chi connectivity index (χ0n) is 14.2. The monoisotopic (exact) mass is 314 g/mol. The van der Waals surface area contributed by atoms with Gasteiger partial charge in [-0.3, -0.25) is 0 Å². The van der Waals surface area contributed by atoms with Crippen LogP contribution in [-0.2, 0) is 4.74 Å². The molecule has 2 heterocycles. The van der Waals surface area contributed by atoms with Crippen molar-refractivity contribution in [1.29, 1.82) is 0 Å². The molecule has 0 saturated carbocycles. The molecule has 0 bridgehead atoms. The first-order chi connectivity index (χ1) is 10.1. The molecule has 2 saturated heterocycles. The molecule has 2 fully saturated rings. The molecule has 0 aromatic heterocycles. The molecule has 0 radical (unpaired) electrons. The van der Waals surface area contributed by atoms with Gasteiger partial charge in [0.05, 0.1) is 0 Å². The van der Waals surface area contributed by atoms with Crippen LogP contribution in [0.3, 0.4) is 0 Å². The maximum absolute atomic E-state index is 5.63. The lowest BCUT2D eigenvalue weighted by molar-refractivity contribution is -0.00352. The fourth-order valence-electron chi connectivity index (χ4n) is 3.42. The first kappa shape index (κ1) is 17.6. The summed E-state index contributed by atoms with van der Waals surface area (Å²) >= 11 is 2.15. The second-order valence-electron chi connectivity index (χ2n) is 7.42. The number of hydrogen-bond acceptors (Lipinski definition) is 4. The molecule has 2 rings (SSSR count). The Hall–Kier alpha value is 0.230. The van der Waals surface area contributed by atoms with Gasteiger partial charge in [0.1, 0.15) is 0 Å². The van der Waals surface area contributed by atoms with Crippen LogP contribution in [0.4, 0.5) is 0 Å². The van der Waals surface area contributed by atoms with Crippen molar-refractivity contribution < 1.29 is 4.74 Å². The van der Waals surface area contributed by atoms with E-state index < -0.39 is 0 Å². The molecule has 124 valence electrons. The number of nitrogens with one attached hydrogen (secondary N) is 1. The number of ether oxygens (including phenoxy) is 1. The molecule has 2 aliphatic heterocycles. The smallest absolute Gasteiger partial charge is 0.0472 e. The average molecular weight is 315 g/mol. The Labute approximate surface area is 135 Å². The molecule has 0 aromatic rings. The molecule has 0 spiro atoms. The SMILES string of the molecule is CCCNCC1(CN2CCSC(C)(C)CC2)CCOCC1. The number of hydrogen-bond donors (Lipinski definition) is 1. The highest BCUT2D eigenvalue weighted by Gasteiger charge is 2.35. The topological polar surface area (TPSA) is 24.5 Å². The number of rotatable bonds is 6. The van der Waals surface area contributed by atoms with Crippen LogP contribution < -0.4 is 5.32 Å². The van der Waals surface area contributed by atoms with E-state index in [0.29, 0.717) is 10.2 Å². The van der Waals surface area contributed by atoms with E-state index in [9.17, 15) is 0 Å². The lowest BCUT2D eigenvalue weighted by Gasteiger charge is -2.41. The van der Waals surface area contributed by atoms with Crippen LogP contribution in [0.25, 0.3) is 0 Å². The van der Waals surface area contributed by atoms with E-state index in [4.69, 9.17) is 4.74 Å². The largest absolute Gasteiger partial charge is 0.381 e. The van der Waals surface area contributed by atoms with Gasteiger partial charge in [-0.2, -0.15) is 11.8 Å². The highest BCUT2D eigenvalue weighted by molar-refractivity contribution is 8.00. The Balaban J connectivity index is 1.91. The molecular formula is C17H34N2OS. The molecule has 0 atom stereocenters. The summed E-state index contributed by atoms with van der Waals surface area (Å²) in [5, 5.41) is 3.68. The molecule has 0 aromatic carbocycles. The Kier molecular flexibility index (Phi) is 6.85. The van der Waals surface area contributed by atoms with E-state index in [2.05, 4.69) is 42.7 Å². The maximum atomic E-state index is 5.63. The zero-order chi connectivity index (χ0) is 15.2. The molecule has 0 aliphatic carbocycles. The van der Waals surface area contributed by atoms with Crippen LogP contribution in [0.5, 0.6) is 0 Å². The third-order valence-electron chi connectivity index (χ3n) is 4.97. The van der Waals surface area contributed by atoms with Crippen molar-refractivity contribution in [3.8, 4) is 0 Å². The van der Waals surface area contributed by atoms with Crippen LogP contribution >= 0.6 is 11.8 Å². The van der Waals surface area contributed by atoms with Gasteiger partial charge in [0.15, 0.2) is 0 Å². The van der Waals surface area contributed by atoms with Gasteiger partial charge < -0.3 is 15.0 Å². The molecule has 4 heteroatoms. The second-order valence-corrected chi connectivity index (χ2v) is 9.23. The third kappa shape index (κ3) is 5.74. The minimum Gasteiger partial charge on any atom is -0.381 e. The van der Waals surface area contributed by atoms with Gasteiger partial charge in [-0.05, 0) is 44.2 Å². The minimum absolute atomic E-state index is 0.437. The Morgan fingerprint density at radius 3 is 2.62 bits per heavy atom. The lowest BCUT2D eigenvalue weighted by atomic mass is 9.79. The zero-order valence-corrected chi connectivity index (χ0v) is 15.1. The molecular weight excluding hydrogens is 280 g/mol. The minimum atomic E-state index is 0.437. The van der Waals surface area contributed by atoms with Crippen molar-refractivity contribution in [1.82, 2.24) is 10.2 Å². The number of thioether (sulfide) groups is 1. The van der Waals surface area contributed by atoms with Gasteiger partial charge in [-0.1, -0.05) is 20.8 Å². The molecule has 2 aliphatic rings. The molecule has 0 amide bonds. The highest BCUT2D eigenvalue weighted by atomic mass is 32.2. The maximum Gasteiger partial charge on any atom is 0.0472 e. The predicted molar refractivity (Wildman–Crippen MR) is 93.2 cm³/mol. The van der Waals surface area contributed by atoms with E-state index in [0.717, 1.165) is 26.3 Å². The normalized spacial score (nSPS) is 26.4.